The summed E-state index contributed by atoms with van der Waals surface area (Å²) in [6.45, 7) is 11.3. The number of nitrogens with one attached hydrogen (secondary N) is 3. The van der Waals surface area contributed by atoms with E-state index in [1.807, 2.05) is 30.3 Å². The second kappa shape index (κ2) is 15.5. The predicted octanol–water partition coefficient (Wildman–Crippen LogP) is 4.38. The van der Waals surface area contributed by atoms with Crippen LogP contribution < -0.4 is 20.1 Å². The Morgan fingerprint density at radius 1 is 1.04 bits per heavy atom. The lowest BCUT2D eigenvalue weighted by molar-refractivity contribution is -0.141. The fourth-order valence-electron chi connectivity index (χ4n) is 7.17. The highest BCUT2D eigenvalue weighted by Crippen LogP contribution is 2.47. The lowest BCUT2D eigenvalue weighted by Crippen LogP contribution is -2.58. The van der Waals surface area contributed by atoms with Crippen molar-refractivity contribution in [3.63, 3.8) is 0 Å². The number of hydrogen-bond donors (Lipinski definition) is 4. The molecule has 5 atom stereocenters. The van der Waals surface area contributed by atoms with Gasteiger partial charge in [-0.3, -0.25) is 19.1 Å². The number of unbranched alkanes of at least 4 members (excludes halogenated alkanes) is 3. The average Bonchev–Trinajstić information content (AvgIpc) is 4.06. The van der Waals surface area contributed by atoms with Crippen molar-refractivity contribution in [2.24, 2.45) is 5.92 Å². The van der Waals surface area contributed by atoms with Crippen LogP contribution in [0.4, 0.5) is 4.79 Å². The smallest absolute Gasteiger partial charge is 0.405 e. The summed E-state index contributed by atoms with van der Waals surface area (Å²) in [5, 5.41) is 15.9. The van der Waals surface area contributed by atoms with E-state index in [0.717, 1.165) is 35.6 Å². The Morgan fingerprint density at radius 3 is 2.38 bits per heavy atom. The van der Waals surface area contributed by atoms with Gasteiger partial charge in [0.1, 0.15) is 29.0 Å². The number of likely N-dealkylation sites (tertiary alicyclic amines) is 1. The van der Waals surface area contributed by atoms with Crippen LogP contribution in [-0.2, 0) is 34.7 Å². The third-order valence-electron chi connectivity index (χ3n) is 10.5. The Bertz CT molecular complexity index is 1880. The van der Waals surface area contributed by atoms with E-state index < -0.39 is 68.2 Å². The van der Waals surface area contributed by atoms with Crippen LogP contribution in [0.25, 0.3) is 16.8 Å². The molecule has 1 saturated heterocycles. The fourth-order valence-corrected chi connectivity index (χ4v) is 8.53. The van der Waals surface area contributed by atoms with Gasteiger partial charge in [0.05, 0.1) is 18.9 Å². The molecule has 3 fully saturated rings. The summed E-state index contributed by atoms with van der Waals surface area (Å²) < 4.78 is 39.2. The van der Waals surface area contributed by atoms with Gasteiger partial charge in [0.15, 0.2) is 0 Å². The molecular formula is C38H48N4O9S. The number of hydrogen-bond acceptors (Lipinski definition) is 8. The average molecular weight is 737 g/mol. The van der Waals surface area contributed by atoms with Crippen LogP contribution in [0, 0.1) is 5.92 Å². The second-order valence-corrected chi connectivity index (χ2v) is 15.8. The third-order valence-corrected chi connectivity index (χ3v) is 12.3. The second-order valence-electron chi connectivity index (χ2n) is 13.9. The van der Waals surface area contributed by atoms with E-state index in [1.165, 1.54) is 18.1 Å². The Morgan fingerprint density at radius 2 is 1.79 bits per heavy atom. The highest BCUT2D eigenvalue weighted by Gasteiger charge is 2.62. The molecule has 0 aromatic heterocycles. The zero-order chi connectivity index (χ0) is 37.8. The van der Waals surface area contributed by atoms with Gasteiger partial charge < -0.3 is 30.1 Å². The van der Waals surface area contributed by atoms with E-state index >= 15 is 0 Å². The number of rotatable bonds is 18. The first-order valence-corrected chi connectivity index (χ1v) is 19.0. The summed E-state index contributed by atoms with van der Waals surface area (Å²) in [5.41, 5.74) is -1.37. The molecule has 14 heteroatoms. The Hall–Kier alpha value is -4.69. The normalized spacial score (nSPS) is 24.4. The number of methoxy groups -OCH3 is 2. The minimum Gasteiger partial charge on any atom is -0.496 e. The van der Waals surface area contributed by atoms with E-state index in [-0.39, 0.29) is 25.8 Å². The van der Waals surface area contributed by atoms with Crippen LogP contribution in [-0.4, -0.2) is 85.9 Å². The van der Waals surface area contributed by atoms with E-state index in [1.54, 1.807) is 19.3 Å². The summed E-state index contributed by atoms with van der Waals surface area (Å²) in [7, 11) is -0.862. The highest BCUT2D eigenvalue weighted by atomic mass is 32.2. The summed E-state index contributed by atoms with van der Waals surface area (Å²) in [6, 6.07) is 7.07. The van der Waals surface area contributed by atoms with Crippen molar-refractivity contribution in [2.45, 2.75) is 86.3 Å². The number of carboxylic acid groups (broad SMARTS) is 1. The van der Waals surface area contributed by atoms with Crippen molar-refractivity contribution in [1.82, 2.24) is 20.3 Å². The number of nitrogens with zero attached hydrogens (tertiary/aromatic N) is 1. The lowest BCUT2D eigenvalue weighted by atomic mass is 9.88. The van der Waals surface area contributed by atoms with Crippen LogP contribution in [0.5, 0.6) is 5.75 Å². The molecule has 2 aliphatic carbocycles. The molecule has 5 rings (SSSR count). The number of carbonyl (C=O) groups excluding carboxylic acids is 3. The molecule has 52 heavy (non-hydrogen) atoms. The maximum Gasteiger partial charge on any atom is 0.405 e. The third kappa shape index (κ3) is 7.87. The molecule has 1 heterocycles. The van der Waals surface area contributed by atoms with E-state index in [4.69, 9.17) is 9.47 Å². The van der Waals surface area contributed by atoms with Crippen molar-refractivity contribution in [3.05, 3.63) is 73.3 Å². The number of allylic oxidation sites excluding steroid dienone is 1. The van der Waals surface area contributed by atoms with Gasteiger partial charge in [-0.25, -0.2) is 13.2 Å². The molecule has 0 bridgehead atoms. The molecule has 2 aromatic rings. The fraction of sp³-hybridized carbons (Fsp3) is 0.474. The van der Waals surface area contributed by atoms with Crippen LogP contribution in [0.3, 0.4) is 0 Å². The van der Waals surface area contributed by atoms with Gasteiger partial charge in [0, 0.05) is 25.0 Å². The number of sulfonamides is 1. The van der Waals surface area contributed by atoms with Gasteiger partial charge in [0.2, 0.25) is 21.8 Å². The van der Waals surface area contributed by atoms with Crippen LogP contribution in [0.1, 0.15) is 68.9 Å². The molecule has 13 nitrogen and oxygen atoms in total. The molecule has 4 N–H and O–H groups in total. The molecule has 3 aliphatic rings. The molecule has 4 amide bonds. The Labute approximate surface area is 304 Å². The van der Waals surface area contributed by atoms with Gasteiger partial charge in [-0.05, 0) is 73.1 Å². The molecule has 1 aliphatic heterocycles. The van der Waals surface area contributed by atoms with E-state index in [2.05, 4.69) is 35.1 Å². The molecule has 0 radical (unpaired) electrons. The minimum atomic E-state index is -3.92. The SMILES string of the molecule is C=CCCCCCC(NC(=O)O)C(=O)N1C[C@](OC)(c2ccc3cc(OC)c(C=C)cc3c2)C[C@H]1C(=O)N[C@]1(C(=O)NS(=O)(=O)C2CC2)C[C@H]1C=C. The van der Waals surface area contributed by atoms with Crippen LogP contribution >= 0.6 is 0 Å². The van der Waals surface area contributed by atoms with Crippen LogP contribution in [0.2, 0.25) is 0 Å². The first-order valence-electron chi connectivity index (χ1n) is 17.5. The van der Waals surface area contributed by atoms with Gasteiger partial charge in [0.25, 0.3) is 5.91 Å². The van der Waals surface area contributed by atoms with Crippen molar-refractivity contribution in [2.75, 3.05) is 20.8 Å². The molecule has 1 unspecified atom stereocenters. The summed E-state index contributed by atoms with van der Waals surface area (Å²) in [6.07, 6.45) is 7.64. The Balaban J connectivity index is 1.50. The van der Waals surface area contributed by atoms with Crippen LogP contribution in [0.15, 0.2) is 62.2 Å². The quantitative estimate of drug-likeness (QED) is 0.128. The minimum absolute atomic E-state index is 0.0347. The Kier molecular flexibility index (Phi) is 11.5. The van der Waals surface area contributed by atoms with E-state index in [9.17, 15) is 32.7 Å². The topological polar surface area (TPSA) is 180 Å². The molecule has 2 aromatic carbocycles. The zero-order valence-electron chi connectivity index (χ0n) is 29.7. The number of ether oxygens (including phenoxy) is 2. The number of fused-ring (bicyclic) bond motifs is 1. The summed E-state index contributed by atoms with van der Waals surface area (Å²) in [4.78, 5) is 55.5. The van der Waals surface area contributed by atoms with Gasteiger partial charge >= 0.3 is 6.09 Å². The van der Waals surface area contributed by atoms with Crippen molar-refractivity contribution < 1.29 is 42.2 Å². The first kappa shape index (κ1) is 38.5. The number of carbonyl (C=O) groups is 4. The van der Waals surface area contributed by atoms with Crippen molar-refractivity contribution in [1.29, 1.82) is 0 Å². The van der Waals surface area contributed by atoms with Gasteiger partial charge in [-0.1, -0.05) is 49.8 Å². The predicted molar refractivity (Wildman–Crippen MR) is 197 cm³/mol. The molecule has 0 spiro atoms. The van der Waals surface area contributed by atoms with Gasteiger partial charge in [-0.15, -0.1) is 13.2 Å². The first-order chi connectivity index (χ1) is 24.8. The number of amides is 4. The lowest BCUT2D eigenvalue weighted by Gasteiger charge is -2.30. The molecule has 2 saturated carbocycles. The summed E-state index contributed by atoms with van der Waals surface area (Å²) >= 11 is 0. The van der Waals surface area contributed by atoms with Crippen molar-refractivity contribution in [3.8, 4) is 5.75 Å². The van der Waals surface area contributed by atoms with E-state index in [0.29, 0.717) is 30.6 Å². The molecule has 280 valence electrons. The largest absolute Gasteiger partial charge is 0.496 e. The molecular weight excluding hydrogens is 689 g/mol. The van der Waals surface area contributed by atoms with Crippen molar-refractivity contribution >= 4 is 50.7 Å². The number of benzene rings is 2. The highest BCUT2D eigenvalue weighted by molar-refractivity contribution is 7.91. The summed E-state index contributed by atoms with van der Waals surface area (Å²) in [5.74, 6) is -2.07. The monoisotopic (exact) mass is 736 g/mol. The standard InChI is InChI=1S/C38H48N4O9S/c1-6-9-10-11-12-13-30(39-36(46)47)34(44)42-23-37(51-5,28-15-14-25-20-32(50-4)24(7-2)18-26(25)19-28)22-31(42)33(43)40-38(21-27(38)8-3)35(45)41-52(48,49)29-16-17-29/h6-8,14-15,18-20,27,29-31,39H,1-3,9-13,16-17,21-23H2,4-5H3,(H,40,43)(H,41,45)(H,46,47)/t27-,30?,31+,37+,38-/m1/s1. The maximum absolute atomic E-state index is 14.4. The zero-order valence-corrected chi connectivity index (χ0v) is 30.5. The maximum atomic E-state index is 14.4. The van der Waals surface area contributed by atoms with Gasteiger partial charge in [-0.2, -0.15) is 0 Å².